The number of methoxy groups -OCH3 is 1. The highest BCUT2D eigenvalue weighted by atomic mass is 35.5. The van der Waals surface area contributed by atoms with E-state index < -0.39 is 0 Å². The number of nitrogens with zero attached hydrogens (tertiary/aromatic N) is 3. The number of rotatable bonds is 7. The summed E-state index contributed by atoms with van der Waals surface area (Å²) < 4.78 is 5.15. The fourth-order valence-electron chi connectivity index (χ4n) is 1.68. The molecule has 0 aliphatic carbocycles. The molecule has 5 heteroatoms. The lowest BCUT2D eigenvalue weighted by Gasteiger charge is -2.28. The Hall–Kier alpha value is -0.870. The maximum Gasteiger partial charge on any atom is 0.225 e. The zero-order chi connectivity index (χ0) is 13.5. The molecule has 0 spiro atoms. The molecule has 102 valence electrons. The lowest BCUT2D eigenvalue weighted by Crippen LogP contribution is -2.36. The second-order valence-electron chi connectivity index (χ2n) is 4.36. The van der Waals surface area contributed by atoms with E-state index in [-0.39, 0.29) is 0 Å². The van der Waals surface area contributed by atoms with Crippen LogP contribution < -0.4 is 4.90 Å². The second kappa shape index (κ2) is 7.54. The average Bonchev–Trinajstić information content (AvgIpc) is 2.39. The standard InChI is InChI=1S/C13H22ClN3O/c1-5-10(2)17(6-7-18-4)13-15-9-12(8-14)11(3)16-13/h9-10H,5-8H2,1-4H3. The smallest absolute Gasteiger partial charge is 0.225 e. The van der Waals surface area contributed by atoms with Gasteiger partial charge in [0.2, 0.25) is 5.95 Å². The topological polar surface area (TPSA) is 38.2 Å². The molecule has 0 saturated carbocycles. The number of hydrogen-bond donors (Lipinski definition) is 0. The van der Waals surface area contributed by atoms with Gasteiger partial charge in [0.1, 0.15) is 0 Å². The minimum absolute atomic E-state index is 0.390. The lowest BCUT2D eigenvalue weighted by molar-refractivity contribution is 0.203. The lowest BCUT2D eigenvalue weighted by atomic mass is 10.2. The molecule has 0 aliphatic heterocycles. The van der Waals surface area contributed by atoms with E-state index in [4.69, 9.17) is 16.3 Å². The van der Waals surface area contributed by atoms with Gasteiger partial charge in [-0.1, -0.05) is 6.92 Å². The van der Waals surface area contributed by atoms with Crippen molar-refractivity contribution in [1.82, 2.24) is 9.97 Å². The molecule has 1 rings (SSSR count). The third kappa shape index (κ3) is 3.82. The third-order valence-electron chi connectivity index (χ3n) is 3.13. The van der Waals surface area contributed by atoms with Crippen molar-refractivity contribution in [1.29, 1.82) is 0 Å². The van der Waals surface area contributed by atoms with Crippen LogP contribution in [0.5, 0.6) is 0 Å². The predicted molar refractivity (Wildman–Crippen MR) is 75.3 cm³/mol. The molecule has 0 amide bonds. The first-order valence-electron chi connectivity index (χ1n) is 6.28. The van der Waals surface area contributed by atoms with Crippen molar-refractivity contribution in [2.75, 3.05) is 25.2 Å². The second-order valence-corrected chi connectivity index (χ2v) is 4.63. The Morgan fingerprint density at radius 1 is 1.50 bits per heavy atom. The van der Waals surface area contributed by atoms with Gasteiger partial charge >= 0.3 is 0 Å². The Balaban J connectivity index is 2.93. The van der Waals surface area contributed by atoms with Gasteiger partial charge in [-0.05, 0) is 20.3 Å². The SMILES string of the molecule is CCC(C)N(CCOC)c1ncc(CCl)c(C)n1. The number of alkyl halides is 1. The Morgan fingerprint density at radius 3 is 2.72 bits per heavy atom. The fraction of sp³-hybridized carbons (Fsp3) is 0.692. The maximum atomic E-state index is 5.82. The first-order valence-corrected chi connectivity index (χ1v) is 6.81. The summed E-state index contributed by atoms with van der Waals surface area (Å²) in [5, 5.41) is 0. The summed E-state index contributed by atoms with van der Waals surface area (Å²) in [5.41, 5.74) is 1.93. The monoisotopic (exact) mass is 271 g/mol. The summed E-state index contributed by atoms with van der Waals surface area (Å²) in [7, 11) is 1.71. The minimum atomic E-state index is 0.390. The number of hydrogen-bond acceptors (Lipinski definition) is 4. The van der Waals surface area contributed by atoms with Gasteiger partial charge in [0, 0.05) is 37.2 Å². The van der Waals surface area contributed by atoms with E-state index in [1.807, 2.05) is 13.1 Å². The van der Waals surface area contributed by atoms with E-state index in [9.17, 15) is 0 Å². The summed E-state index contributed by atoms with van der Waals surface area (Å²) in [4.78, 5) is 11.1. The summed E-state index contributed by atoms with van der Waals surface area (Å²) in [6.45, 7) is 7.76. The van der Waals surface area contributed by atoms with Crippen LogP contribution in [-0.2, 0) is 10.6 Å². The minimum Gasteiger partial charge on any atom is -0.383 e. The van der Waals surface area contributed by atoms with Crippen molar-refractivity contribution in [2.24, 2.45) is 0 Å². The van der Waals surface area contributed by atoms with E-state index >= 15 is 0 Å². The van der Waals surface area contributed by atoms with E-state index in [0.29, 0.717) is 18.5 Å². The highest BCUT2D eigenvalue weighted by Crippen LogP contribution is 2.16. The van der Waals surface area contributed by atoms with Crippen LogP contribution in [0.25, 0.3) is 0 Å². The number of anilines is 1. The zero-order valence-corrected chi connectivity index (χ0v) is 12.4. The van der Waals surface area contributed by atoms with Crippen LogP contribution in [-0.4, -0.2) is 36.3 Å². The summed E-state index contributed by atoms with van der Waals surface area (Å²) >= 11 is 5.82. The molecule has 1 unspecified atom stereocenters. The van der Waals surface area contributed by atoms with Gasteiger partial charge in [0.15, 0.2) is 0 Å². The summed E-state index contributed by atoms with van der Waals surface area (Å²) in [6, 6.07) is 0.390. The Bertz CT molecular complexity index is 373. The Kier molecular flexibility index (Phi) is 6.36. The molecule has 1 aromatic rings. The number of aromatic nitrogens is 2. The first kappa shape index (κ1) is 15.2. The Labute approximate surface area is 114 Å². The summed E-state index contributed by atoms with van der Waals surface area (Å²) in [6.07, 6.45) is 2.86. The normalized spacial score (nSPS) is 12.5. The van der Waals surface area contributed by atoms with Crippen LogP contribution >= 0.6 is 11.6 Å². The molecule has 18 heavy (non-hydrogen) atoms. The van der Waals surface area contributed by atoms with E-state index in [1.165, 1.54) is 0 Å². The number of ether oxygens (including phenoxy) is 1. The van der Waals surface area contributed by atoms with Crippen molar-refractivity contribution < 1.29 is 4.74 Å². The van der Waals surface area contributed by atoms with Crippen LogP contribution in [0.2, 0.25) is 0 Å². The number of aryl methyl sites for hydroxylation is 1. The van der Waals surface area contributed by atoms with Crippen molar-refractivity contribution in [2.45, 2.75) is 39.1 Å². The van der Waals surface area contributed by atoms with Gasteiger partial charge in [-0.3, -0.25) is 0 Å². The van der Waals surface area contributed by atoms with E-state index in [2.05, 4.69) is 28.7 Å². The van der Waals surface area contributed by atoms with Gasteiger partial charge in [-0.25, -0.2) is 9.97 Å². The zero-order valence-electron chi connectivity index (χ0n) is 11.6. The van der Waals surface area contributed by atoms with Crippen molar-refractivity contribution >= 4 is 17.5 Å². The van der Waals surface area contributed by atoms with Gasteiger partial charge in [-0.2, -0.15) is 0 Å². The van der Waals surface area contributed by atoms with Gasteiger partial charge in [0.05, 0.1) is 12.5 Å². The quantitative estimate of drug-likeness (QED) is 0.715. The summed E-state index contributed by atoms with van der Waals surface area (Å²) in [5.74, 6) is 1.21. The highest BCUT2D eigenvalue weighted by molar-refractivity contribution is 6.17. The van der Waals surface area contributed by atoms with Crippen LogP contribution in [0.4, 0.5) is 5.95 Å². The molecule has 1 heterocycles. The molecule has 1 atom stereocenters. The van der Waals surface area contributed by atoms with E-state index in [0.717, 1.165) is 30.2 Å². The maximum absolute atomic E-state index is 5.82. The van der Waals surface area contributed by atoms with Crippen molar-refractivity contribution in [3.8, 4) is 0 Å². The van der Waals surface area contributed by atoms with Crippen molar-refractivity contribution in [3.05, 3.63) is 17.5 Å². The molecule has 0 N–H and O–H groups in total. The van der Waals surface area contributed by atoms with Crippen LogP contribution in [0.3, 0.4) is 0 Å². The molecule has 1 aromatic heterocycles. The molecule has 0 bridgehead atoms. The Morgan fingerprint density at radius 2 is 2.22 bits per heavy atom. The van der Waals surface area contributed by atoms with Crippen LogP contribution in [0, 0.1) is 6.92 Å². The van der Waals surface area contributed by atoms with Crippen LogP contribution in [0.15, 0.2) is 6.20 Å². The highest BCUT2D eigenvalue weighted by Gasteiger charge is 2.16. The molecule has 0 aliphatic rings. The van der Waals surface area contributed by atoms with Gasteiger partial charge < -0.3 is 9.64 Å². The third-order valence-corrected chi connectivity index (χ3v) is 3.42. The molecule has 4 nitrogen and oxygen atoms in total. The van der Waals surface area contributed by atoms with E-state index in [1.54, 1.807) is 7.11 Å². The average molecular weight is 272 g/mol. The fourth-order valence-corrected chi connectivity index (χ4v) is 1.94. The molecular weight excluding hydrogens is 250 g/mol. The van der Waals surface area contributed by atoms with Gasteiger partial charge in [-0.15, -0.1) is 11.6 Å². The van der Waals surface area contributed by atoms with Crippen molar-refractivity contribution in [3.63, 3.8) is 0 Å². The largest absolute Gasteiger partial charge is 0.383 e. The number of halogens is 1. The first-order chi connectivity index (χ1) is 8.63. The molecule has 0 radical (unpaired) electrons. The molecule has 0 fully saturated rings. The van der Waals surface area contributed by atoms with Gasteiger partial charge in [0.25, 0.3) is 0 Å². The van der Waals surface area contributed by atoms with Crippen LogP contribution in [0.1, 0.15) is 31.5 Å². The molecule has 0 saturated heterocycles. The molecule has 0 aromatic carbocycles. The predicted octanol–water partition coefficient (Wildman–Crippen LogP) is 2.78. The molecular formula is C13H22ClN3O.